The number of carbonyl (C=O) groups is 3. The van der Waals surface area contributed by atoms with Crippen molar-refractivity contribution >= 4 is 17.7 Å². The third-order valence-corrected chi connectivity index (χ3v) is 2.58. The van der Waals surface area contributed by atoms with Crippen molar-refractivity contribution in [2.24, 2.45) is 5.92 Å². The fraction of sp³-hybridized carbons (Fsp3) is 0.583. The van der Waals surface area contributed by atoms with E-state index in [0.717, 1.165) is 0 Å². The van der Waals surface area contributed by atoms with Gasteiger partial charge in [-0.05, 0) is 13.8 Å². The second kappa shape index (κ2) is 6.18. The Morgan fingerprint density at radius 2 is 1.89 bits per heavy atom. The number of esters is 2. The average Bonchev–Trinajstić information content (AvgIpc) is 2.32. The second-order valence-electron chi connectivity index (χ2n) is 3.80. The van der Waals surface area contributed by atoms with Gasteiger partial charge in [0, 0.05) is 12.8 Å². The predicted molar refractivity (Wildman–Crippen MR) is 60.7 cm³/mol. The quantitative estimate of drug-likeness (QED) is 0.593. The second-order valence-corrected chi connectivity index (χ2v) is 3.80. The topological polar surface area (TPSA) is 89.9 Å². The lowest BCUT2D eigenvalue weighted by atomic mass is 9.87. The first-order valence-electron chi connectivity index (χ1n) is 5.78. The Kier molecular flexibility index (Phi) is 4.88. The van der Waals surface area contributed by atoms with Gasteiger partial charge in [-0.1, -0.05) is 0 Å². The molecule has 1 atom stereocenters. The lowest BCUT2D eigenvalue weighted by molar-refractivity contribution is -0.153. The van der Waals surface area contributed by atoms with Crippen molar-refractivity contribution in [3.63, 3.8) is 0 Å². The molecule has 100 valence electrons. The monoisotopic (exact) mass is 256 g/mol. The number of carbonyl (C=O) groups excluding carboxylic acids is 3. The maximum Gasteiger partial charge on any atom is 0.337 e. The van der Waals surface area contributed by atoms with Gasteiger partial charge in [0.25, 0.3) is 0 Å². The zero-order chi connectivity index (χ0) is 13.7. The third-order valence-electron chi connectivity index (χ3n) is 2.58. The SMILES string of the molecule is CCOC(=O)C1=C(O)C[C@H](C(=O)OCC)C(=O)C1. The highest BCUT2D eigenvalue weighted by molar-refractivity contribution is 6.06. The van der Waals surface area contributed by atoms with Crippen LogP contribution in [0.5, 0.6) is 0 Å². The number of ketones is 1. The van der Waals surface area contributed by atoms with Crippen LogP contribution in [0.15, 0.2) is 11.3 Å². The molecule has 1 rings (SSSR count). The molecule has 6 heteroatoms. The highest BCUT2D eigenvalue weighted by atomic mass is 16.5. The van der Waals surface area contributed by atoms with E-state index in [-0.39, 0.29) is 37.4 Å². The first kappa shape index (κ1) is 14.2. The van der Waals surface area contributed by atoms with Crippen LogP contribution in [0.2, 0.25) is 0 Å². The highest BCUT2D eigenvalue weighted by Gasteiger charge is 2.37. The Bertz CT molecular complexity index is 395. The number of aliphatic hydroxyl groups excluding tert-OH is 1. The van der Waals surface area contributed by atoms with E-state index in [1.165, 1.54) is 0 Å². The minimum Gasteiger partial charge on any atom is -0.512 e. The molecule has 0 amide bonds. The predicted octanol–water partition coefficient (Wildman–Crippen LogP) is 0.904. The van der Waals surface area contributed by atoms with Crippen LogP contribution in [0.3, 0.4) is 0 Å². The summed E-state index contributed by atoms with van der Waals surface area (Å²) in [4.78, 5) is 34.6. The molecular formula is C12H16O6. The lowest BCUT2D eigenvalue weighted by Crippen LogP contribution is -2.32. The molecule has 0 saturated carbocycles. The number of hydrogen-bond acceptors (Lipinski definition) is 6. The number of hydrogen-bond donors (Lipinski definition) is 1. The molecule has 0 unspecified atom stereocenters. The van der Waals surface area contributed by atoms with Crippen LogP contribution in [0.1, 0.15) is 26.7 Å². The van der Waals surface area contributed by atoms with E-state index in [1.54, 1.807) is 13.8 Å². The fourth-order valence-electron chi connectivity index (χ4n) is 1.70. The van der Waals surface area contributed by atoms with Crippen LogP contribution in [-0.4, -0.2) is 36.0 Å². The van der Waals surface area contributed by atoms with Gasteiger partial charge in [-0.15, -0.1) is 0 Å². The highest BCUT2D eigenvalue weighted by Crippen LogP contribution is 2.27. The summed E-state index contributed by atoms with van der Waals surface area (Å²) in [5.74, 6) is -3.12. The van der Waals surface area contributed by atoms with Gasteiger partial charge >= 0.3 is 11.9 Å². The summed E-state index contributed by atoms with van der Waals surface area (Å²) in [6, 6.07) is 0. The summed E-state index contributed by atoms with van der Waals surface area (Å²) >= 11 is 0. The summed E-state index contributed by atoms with van der Waals surface area (Å²) in [6.07, 6.45) is -0.500. The van der Waals surface area contributed by atoms with Gasteiger partial charge in [0.2, 0.25) is 0 Å². The van der Waals surface area contributed by atoms with Crippen LogP contribution >= 0.6 is 0 Å². The van der Waals surface area contributed by atoms with Gasteiger partial charge in [-0.2, -0.15) is 0 Å². The summed E-state index contributed by atoms with van der Waals surface area (Å²) in [6.45, 7) is 3.58. The van der Waals surface area contributed by atoms with E-state index in [1.807, 2.05) is 0 Å². The van der Waals surface area contributed by atoms with Gasteiger partial charge in [0.15, 0.2) is 5.78 Å². The molecule has 0 saturated heterocycles. The smallest absolute Gasteiger partial charge is 0.337 e. The van der Waals surface area contributed by atoms with Crippen molar-refractivity contribution < 1.29 is 29.0 Å². The van der Waals surface area contributed by atoms with Crippen molar-refractivity contribution in [2.45, 2.75) is 26.7 Å². The minimum atomic E-state index is -1.02. The largest absolute Gasteiger partial charge is 0.512 e. The van der Waals surface area contributed by atoms with Crippen LogP contribution in [0.25, 0.3) is 0 Å². The van der Waals surface area contributed by atoms with E-state index in [9.17, 15) is 19.5 Å². The summed E-state index contributed by atoms with van der Waals surface area (Å²) in [7, 11) is 0. The number of aliphatic hydroxyl groups is 1. The van der Waals surface area contributed by atoms with E-state index < -0.39 is 23.6 Å². The molecule has 0 fully saturated rings. The van der Waals surface area contributed by atoms with Crippen molar-refractivity contribution in [3.05, 3.63) is 11.3 Å². The van der Waals surface area contributed by atoms with Crippen molar-refractivity contribution in [1.82, 2.24) is 0 Å². The van der Waals surface area contributed by atoms with Gasteiger partial charge in [-0.25, -0.2) is 4.79 Å². The van der Waals surface area contributed by atoms with Gasteiger partial charge in [0.1, 0.15) is 11.7 Å². The van der Waals surface area contributed by atoms with Crippen LogP contribution in [0.4, 0.5) is 0 Å². The maximum atomic E-state index is 11.7. The van der Waals surface area contributed by atoms with Crippen LogP contribution in [0, 0.1) is 5.92 Å². The summed E-state index contributed by atoms with van der Waals surface area (Å²) in [5.41, 5.74) is -0.0672. The molecule has 0 aromatic carbocycles. The summed E-state index contributed by atoms with van der Waals surface area (Å²) in [5, 5.41) is 9.69. The van der Waals surface area contributed by atoms with Crippen molar-refractivity contribution in [2.75, 3.05) is 13.2 Å². The van der Waals surface area contributed by atoms with Crippen LogP contribution in [-0.2, 0) is 23.9 Å². The normalized spacial score (nSPS) is 19.7. The molecule has 0 radical (unpaired) electrons. The number of Topliss-reactive ketones (excluding diaryl/α,β-unsaturated/α-hetero) is 1. The lowest BCUT2D eigenvalue weighted by Gasteiger charge is -2.20. The molecule has 18 heavy (non-hydrogen) atoms. The van der Waals surface area contributed by atoms with E-state index in [4.69, 9.17) is 9.47 Å². The first-order chi connectivity index (χ1) is 8.51. The minimum absolute atomic E-state index is 0.0672. The van der Waals surface area contributed by atoms with E-state index in [0.29, 0.717) is 0 Å². The van der Waals surface area contributed by atoms with Gasteiger partial charge in [-0.3, -0.25) is 9.59 Å². The van der Waals surface area contributed by atoms with Crippen molar-refractivity contribution in [1.29, 1.82) is 0 Å². The standard InChI is InChI=1S/C12H16O6/c1-3-17-11(15)7-5-10(14)8(6-9(7)13)12(16)18-4-2/h7,14H,3-6H2,1-2H3/t7-/m0/s1. The number of ether oxygens (including phenoxy) is 2. The average molecular weight is 256 g/mol. The first-order valence-corrected chi connectivity index (χ1v) is 5.78. The van der Waals surface area contributed by atoms with E-state index in [2.05, 4.69) is 0 Å². The molecule has 6 nitrogen and oxygen atoms in total. The number of rotatable bonds is 4. The molecule has 0 heterocycles. The Hall–Kier alpha value is -1.85. The third kappa shape index (κ3) is 3.09. The van der Waals surface area contributed by atoms with Gasteiger partial charge < -0.3 is 14.6 Å². The molecular weight excluding hydrogens is 240 g/mol. The molecule has 0 aromatic heterocycles. The molecule has 1 aliphatic rings. The van der Waals surface area contributed by atoms with Crippen LogP contribution < -0.4 is 0 Å². The Labute approximate surface area is 105 Å². The van der Waals surface area contributed by atoms with Gasteiger partial charge in [0.05, 0.1) is 18.8 Å². The molecule has 0 aliphatic heterocycles. The molecule has 0 spiro atoms. The van der Waals surface area contributed by atoms with Crippen molar-refractivity contribution in [3.8, 4) is 0 Å². The molecule has 0 bridgehead atoms. The maximum absolute atomic E-state index is 11.7. The molecule has 1 aliphatic carbocycles. The Morgan fingerprint density at radius 3 is 2.44 bits per heavy atom. The summed E-state index contributed by atoms with van der Waals surface area (Å²) < 4.78 is 9.45. The van der Waals surface area contributed by atoms with E-state index >= 15 is 0 Å². The number of allylic oxidation sites excluding steroid dienone is 1. The molecule has 0 aromatic rings. The Balaban J connectivity index is 2.83. The fourth-order valence-corrected chi connectivity index (χ4v) is 1.70. The molecule has 1 N–H and O–H groups in total. The zero-order valence-corrected chi connectivity index (χ0v) is 10.4. The zero-order valence-electron chi connectivity index (χ0n) is 10.4. The Morgan fingerprint density at radius 1 is 1.28 bits per heavy atom.